The molecule has 1 aliphatic heterocycles. The molecule has 3 rings (SSSR count). The van der Waals surface area contributed by atoms with Gasteiger partial charge in [-0.3, -0.25) is 9.69 Å². The molecule has 2 aromatic carbocycles. The molecule has 1 N–H and O–H groups in total. The van der Waals surface area contributed by atoms with Gasteiger partial charge in [-0.15, -0.1) is 0 Å². The van der Waals surface area contributed by atoms with Gasteiger partial charge in [-0.25, -0.2) is 0 Å². The van der Waals surface area contributed by atoms with Gasteiger partial charge in [0.15, 0.2) is 0 Å². The molecule has 2 aromatic rings. The fourth-order valence-corrected chi connectivity index (χ4v) is 3.75. The molecule has 1 saturated heterocycles. The van der Waals surface area contributed by atoms with E-state index in [4.69, 9.17) is 21.1 Å². The summed E-state index contributed by atoms with van der Waals surface area (Å²) in [6, 6.07) is 11.5. The van der Waals surface area contributed by atoms with Gasteiger partial charge in [0.1, 0.15) is 11.5 Å². The molecule has 0 unspecified atom stereocenters. The lowest BCUT2D eigenvalue weighted by Crippen LogP contribution is -2.33. The first kappa shape index (κ1) is 19.5. The van der Waals surface area contributed by atoms with Crippen LogP contribution >= 0.6 is 11.6 Å². The lowest BCUT2D eigenvalue weighted by Gasteiger charge is -2.26. The molecule has 144 valence electrons. The Kier molecular flexibility index (Phi) is 6.24. The molecule has 0 saturated carbocycles. The number of likely N-dealkylation sites (tertiary alicyclic amines) is 1. The first-order valence-electron chi connectivity index (χ1n) is 9.04. The number of hydrogen-bond acceptors (Lipinski definition) is 4. The van der Waals surface area contributed by atoms with Gasteiger partial charge >= 0.3 is 0 Å². The van der Waals surface area contributed by atoms with Crippen LogP contribution in [-0.2, 0) is 4.79 Å². The van der Waals surface area contributed by atoms with Gasteiger partial charge in [-0.05, 0) is 50.1 Å². The lowest BCUT2D eigenvalue weighted by molar-refractivity contribution is -0.117. The van der Waals surface area contributed by atoms with Crippen LogP contribution in [0.5, 0.6) is 11.5 Å². The molecule has 1 atom stereocenters. The van der Waals surface area contributed by atoms with Gasteiger partial charge < -0.3 is 14.8 Å². The van der Waals surface area contributed by atoms with Crippen LogP contribution in [0.2, 0.25) is 5.02 Å². The maximum absolute atomic E-state index is 12.6. The predicted molar refractivity (Wildman–Crippen MR) is 108 cm³/mol. The van der Waals surface area contributed by atoms with E-state index in [1.807, 2.05) is 43.3 Å². The van der Waals surface area contributed by atoms with Crippen LogP contribution < -0.4 is 14.8 Å². The lowest BCUT2D eigenvalue weighted by atomic mass is 10.0. The molecule has 27 heavy (non-hydrogen) atoms. The molecule has 1 fully saturated rings. The van der Waals surface area contributed by atoms with Crippen LogP contribution in [0, 0.1) is 6.92 Å². The van der Waals surface area contributed by atoms with Crippen molar-refractivity contribution >= 4 is 23.2 Å². The summed E-state index contributed by atoms with van der Waals surface area (Å²) in [5.41, 5.74) is 2.72. The quantitative estimate of drug-likeness (QED) is 0.794. The first-order chi connectivity index (χ1) is 13.0. The maximum Gasteiger partial charge on any atom is 0.238 e. The molecular formula is C21H25ClN2O3. The molecule has 1 aliphatic rings. The highest BCUT2D eigenvalue weighted by Gasteiger charge is 2.30. The summed E-state index contributed by atoms with van der Waals surface area (Å²) < 4.78 is 10.8. The predicted octanol–water partition coefficient (Wildman–Crippen LogP) is 4.44. The van der Waals surface area contributed by atoms with E-state index >= 15 is 0 Å². The monoisotopic (exact) mass is 388 g/mol. The standard InChI is InChI=1S/C21H25ClN2O3/c1-14-17(22)6-4-7-18(14)23-21(25)13-24-11-5-8-19(24)16-10-9-15(26-2)12-20(16)27-3/h4,6-7,9-10,12,19H,5,8,11,13H2,1-3H3,(H,23,25)/t19-/m1/s1. The number of methoxy groups -OCH3 is 2. The van der Waals surface area contributed by atoms with Crippen LogP contribution in [0.15, 0.2) is 36.4 Å². The van der Waals surface area contributed by atoms with Crippen LogP contribution in [0.3, 0.4) is 0 Å². The molecule has 0 spiro atoms. The van der Waals surface area contributed by atoms with Gasteiger partial charge in [0.25, 0.3) is 0 Å². The summed E-state index contributed by atoms with van der Waals surface area (Å²) in [4.78, 5) is 14.8. The fraction of sp³-hybridized carbons (Fsp3) is 0.381. The van der Waals surface area contributed by atoms with Gasteiger partial charge in [0, 0.05) is 28.4 Å². The average Bonchev–Trinajstić information content (AvgIpc) is 3.12. The van der Waals surface area contributed by atoms with Crippen molar-refractivity contribution in [3.63, 3.8) is 0 Å². The van der Waals surface area contributed by atoms with Crippen molar-refractivity contribution in [1.29, 1.82) is 0 Å². The molecule has 0 aliphatic carbocycles. The van der Waals surface area contributed by atoms with Crippen molar-refractivity contribution in [2.75, 3.05) is 32.6 Å². The Morgan fingerprint density at radius 3 is 2.81 bits per heavy atom. The largest absolute Gasteiger partial charge is 0.497 e. The minimum Gasteiger partial charge on any atom is -0.497 e. The van der Waals surface area contributed by atoms with Crippen LogP contribution in [0.1, 0.15) is 30.0 Å². The zero-order valence-corrected chi connectivity index (χ0v) is 16.7. The van der Waals surface area contributed by atoms with Crippen LogP contribution in [0.4, 0.5) is 5.69 Å². The minimum atomic E-state index is -0.0419. The number of carbonyl (C=O) groups excluding carboxylic acids is 1. The number of ether oxygens (including phenoxy) is 2. The summed E-state index contributed by atoms with van der Waals surface area (Å²) in [5.74, 6) is 1.51. The van der Waals surface area contributed by atoms with E-state index in [0.717, 1.165) is 47.7 Å². The Bertz CT molecular complexity index is 825. The SMILES string of the molecule is COc1ccc([C@H]2CCCN2CC(=O)Nc2cccc(Cl)c2C)c(OC)c1. The maximum atomic E-state index is 12.6. The number of nitrogens with one attached hydrogen (secondary N) is 1. The third-order valence-corrected chi connectivity index (χ3v) is 5.46. The average molecular weight is 389 g/mol. The van der Waals surface area contributed by atoms with Crippen molar-refractivity contribution in [2.24, 2.45) is 0 Å². The number of anilines is 1. The third kappa shape index (κ3) is 4.37. The summed E-state index contributed by atoms with van der Waals surface area (Å²) in [6.45, 7) is 3.10. The van der Waals surface area contributed by atoms with Crippen molar-refractivity contribution in [1.82, 2.24) is 4.90 Å². The van der Waals surface area contributed by atoms with Crippen LogP contribution in [-0.4, -0.2) is 38.1 Å². The van der Waals surface area contributed by atoms with E-state index < -0.39 is 0 Å². The molecule has 6 heteroatoms. The Morgan fingerprint density at radius 1 is 1.26 bits per heavy atom. The van der Waals surface area contributed by atoms with Gasteiger partial charge in [0.05, 0.1) is 20.8 Å². The molecule has 0 radical (unpaired) electrons. The van der Waals surface area contributed by atoms with E-state index in [1.165, 1.54) is 0 Å². The molecule has 1 heterocycles. The normalized spacial score (nSPS) is 17.0. The van der Waals surface area contributed by atoms with Crippen molar-refractivity contribution in [3.8, 4) is 11.5 Å². The number of amides is 1. The highest BCUT2D eigenvalue weighted by molar-refractivity contribution is 6.31. The second kappa shape index (κ2) is 8.63. The van der Waals surface area contributed by atoms with Crippen LogP contribution in [0.25, 0.3) is 0 Å². The number of hydrogen-bond donors (Lipinski definition) is 1. The number of rotatable bonds is 6. The van der Waals surface area contributed by atoms with Crippen molar-refractivity contribution < 1.29 is 14.3 Å². The van der Waals surface area contributed by atoms with Crippen molar-refractivity contribution in [2.45, 2.75) is 25.8 Å². The second-order valence-electron chi connectivity index (χ2n) is 6.70. The number of benzene rings is 2. The Labute approximate surface area is 165 Å². The molecule has 1 amide bonds. The van der Waals surface area contributed by atoms with Gasteiger partial charge in [-0.1, -0.05) is 23.7 Å². The summed E-state index contributed by atoms with van der Waals surface area (Å²) >= 11 is 6.14. The summed E-state index contributed by atoms with van der Waals surface area (Å²) in [6.07, 6.45) is 2.04. The highest BCUT2D eigenvalue weighted by Crippen LogP contribution is 2.38. The summed E-state index contributed by atoms with van der Waals surface area (Å²) in [7, 11) is 3.30. The van der Waals surface area contributed by atoms with E-state index in [-0.39, 0.29) is 11.9 Å². The Hall–Kier alpha value is -2.24. The smallest absolute Gasteiger partial charge is 0.238 e. The van der Waals surface area contributed by atoms with Crippen molar-refractivity contribution in [3.05, 3.63) is 52.5 Å². The third-order valence-electron chi connectivity index (χ3n) is 5.05. The molecular weight excluding hydrogens is 364 g/mol. The van der Waals surface area contributed by atoms with E-state index in [2.05, 4.69) is 10.2 Å². The number of halogens is 1. The zero-order chi connectivity index (χ0) is 19.4. The molecule has 5 nitrogen and oxygen atoms in total. The topological polar surface area (TPSA) is 50.8 Å². The Morgan fingerprint density at radius 2 is 2.07 bits per heavy atom. The molecule has 0 aromatic heterocycles. The van der Waals surface area contributed by atoms with Gasteiger partial charge in [-0.2, -0.15) is 0 Å². The van der Waals surface area contributed by atoms with E-state index in [0.29, 0.717) is 11.6 Å². The number of nitrogens with zero attached hydrogens (tertiary/aromatic N) is 1. The fourth-order valence-electron chi connectivity index (χ4n) is 3.58. The Balaban J connectivity index is 1.73. The number of carbonyl (C=O) groups is 1. The van der Waals surface area contributed by atoms with E-state index in [1.54, 1.807) is 14.2 Å². The highest BCUT2D eigenvalue weighted by atomic mass is 35.5. The minimum absolute atomic E-state index is 0.0419. The molecule has 0 bridgehead atoms. The van der Waals surface area contributed by atoms with Gasteiger partial charge in [0.2, 0.25) is 5.91 Å². The van der Waals surface area contributed by atoms with E-state index in [9.17, 15) is 4.79 Å². The first-order valence-corrected chi connectivity index (χ1v) is 9.42. The summed E-state index contributed by atoms with van der Waals surface area (Å²) in [5, 5.41) is 3.63. The second-order valence-corrected chi connectivity index (χ2v) is 7.10. The zero-order valence-electron chi connectivity index (χ0n) is 15.9.